The molecule has 4 rings (SSSR count). The minimum atomic E-state index is -0.354. The largest absolute Gasteiger partial charge is 0.369 e. The molecule has 0 radical (unpaired) electrons. The molecule has 7 heteroatoms. The van der Waals surface area contributed by atoms with Crippen LogP contribution in [0.1, 0.15) is 29.3 Å². The molecule has 1 unspecified atom stereocenters. The number of aromatic amines is 1. The van der Waals surface area contributed by atoms with Crippen LogP contribution in [0.25, 0.3) is 10.6 Å². The Kier molecular flexibility index (Phi) is 7.07. The van der Waals surface area contributed by atoms with Gasteiger partial charge in [-0.25, -0.2) is 0 Å². The standard InChI is InChI=1S/C25H30N4O2S/c1-18-5-3-6-20(17-18)29-14-12-28(13-15-29)11-10-19(2)26-24(30)21-8-9-22(27-25(21)31)23-7-4-16-32-23/h3-9,16-17,19H,10-15H2,1-2H3,(H,26,30)(H,27,31). The third-order valence-electron chi connectivity index (χ3n) is 5.94. The number of hydrogen-bond acceptors (Lipinski definition) is 5. The Labute approximate surface area is 192 Å². The highest BCUT2D eigenvalue weighted by atomic mass is 32.1. The van der Waals surface area contributed by atoms with E-state index in [1.54, 1.807) is 23.5 Å². The summed E-state index contributed by atoms with van der Waals surface area (Å²) in [5.74, 6) is -0.319. The molecule has 1 amide bonds. The van der Waals surface area contributed by atoms with Gasteiger partial charge in [-0.1, -0.05) is 18.2 Å². The first-order valence-corrected chi connectivity index (χ1v) is 12.0. The van der Waals surface area contributed by atoms with Crippen LogP contribution in [0.2, 0.25) is 0 Å². The monoisotopic (exact) mass is 450 g/mol. The molecule has 2 N–H and O–H groups in total. The second-order valence-corrected chi connectivity index (χ2v) is 9.37. The Morgan fingerprint density at radius 3 is 2.62 bits per heavy atom. The van der Waals surface area contributed by atoms with Crippen molar-refractivity contribution >= 4 is 22.9 Å². The van der Waals surface area contributed by atoms with Crippen molar-refractivity contribution in [1.82, 2.24) is 15.2 Å². The van der Waals surface area contributed by atoms with Crippen molar-refractivity contribution in [2.24, 2.45) is 0 Å². The van der Waals surface area contributed by atoms with E-state index in [0.717, 1.165) is 49.7 Å². The number of hydrogen-bond donors (Lipinski definition) is 2. The minimum Gasteiger partial charge on any atom is -0.369 e. The topological polar surface area (TPSA) is 68.4 Å². The fraction of sp³-hybridized carbons (Fsp3) is 0.360. The van der Waals surface area contributed by atoms with Crippen molar-refractivity contribution in [1.29, 1.82) is 0 Å². The number of aromatic nitrogens is 1. The smallest absolute Gasteiger partial charge is 0.261 e. The van der Waals surface area contributed by atoms with Gasteiger partial charge in [-0.3, -0.25) is 14.5 Å². The van der Waals surface area contributed by atoms with Crippen molar-refractivity contribution in [3.63, 3.8) is 0 Å². The van der Waals surface area contributed by atoms with Gasteiger partial charge >= 0.3 is 0 Å². The lowest BCUT2D eigenvalue weighted by Gasteiger charge is -2.36. The molecule has 168 valence electrons. The maximum absolute atomic E-state index is 12.6. The van der Waals surface area contributed by atoms with E-state index >= 15 is 0 Å². The first kappa shape index (κ1) is 22.3. The number of amides is 1. The Hall–Kier alpha value is -2.90. The Bertz CT molecular complexity index is 1100. The summed E-state index contributed by atoms with van der Waals surface area (Å²) < 4.78 is 0. The summed E-state index contributed by atoms with van der Waals surface area (Å²) in [4.78, 5) is 33.7. The van der Waals surface area contributed by atoms with E-state index < -0.39 is 0 Å². The number of piperazine rings is 1. The summed E-state index contributed by atoms with van der Waals surface area (Å²) in [6.45, 7) is 9.09. The third-order valence-corrected chi connectivity index (χ3v) is 6.84. The third kappa shape index (κ3) is 5.47. The first-order valence-electron chi connectivity index (χ1n) is 11.1. The van der Waals surface area contributed by atoms with Gasteiger partial charge in [-0.05, 0) is 61.5 Å². The SMILES string of the molecule is Cc1cccc(N2CCN(CCC(C)NC(=O)c3ccc(-c4cccs4)[nH]c3=O)CC2)c1. The molecule has 2 aromatic heterocycles. The van der Waals surface area contributed by atoms with E-state index in [1.165, 1.54) is 11.3 Å². The molecule has 1 aliphatic heterocycles. The number of aryl methyl sites for hydroxylation is 1. The highest BCUT2D eigenvalue weighted by Gasteiger charge is 2.19. The Morgan fingerprint density at radius 1 is 1.12 bits per heavy atom. The molecule has 3 aromatic rings. The fourth-order valence-electron chi connectivity index (χ4n) is 4.03. The summed E-state index contributed by atoms with van der Waals surface area (Å²) in [7, 11) is 0. The first-order chi connectivity index (χ1) is 15.5. The number of nitrogens with zero attached hydrogens (tertiary/aromatic N) is 2. The maximum atomic E-state index is 12.6. The number of pyridine rings is 1. The molecular weight excluding hydrogens is 420 g/mol. The van der Waals surface area contributed by atoms with Gasteiger partial charge in [-0.15, -0.1) is 11.3 Å². The van der Waals surface area contributed by atoms with Gasteiger partial charge in [-0.2, -0.15) is 0 Å². The lowest BCUT2D eigenvalue weighted by Crippen LogP contribution is -2.47. The quantitative estimate of drug-likeness (QED) is 0.575. The van der Waals surface area contributed by atoms with Crippen LogP contribution in [-0.2, 0) is 0 Å². The van der Waals surface area contributed by atoms with Crippen LogP contribution in [0.15, 0.2) is 58.7 Å². The van der Waals surface area contributed by atoms with Gasteiger partial charge in [0.05, 0.1) is 10.6 Å². The lowest BCUT2D eigenvalue weighted by molar-refractivity contribution is 0.0933. The number of nitrogens with one attached hydrogen (secondary N) is 2. The maximum Gasteiger partial charge on any atom is 0.261 e. The van der Waals surface area contributed by atoms with E-state index in [1.807, 2.05) is 24.4 Å². The molecule has 1 aromatic carbocycles. The molecule has 0 bridgehead atoms. The molecule has 32 heavy (non-hydrogen) atoms. The van der Waals surface area contributed by atoms with Crippen molar-refractivity contribution < 1.29 is 4.79 Å². The number of rotatable bonds is 7. The second-order valence-electron chi connectivity index (χ2n) is 8.42. The van der Waals surface area contributed by atoms with Gasteiger partial charge in [0.15, 0.2) is 0 Å². The number of anilines is 1. The zero-order valence-corrected chi connectivity index (χ0v) is 19.5. The number of thiophene rings is 1. The van der Waals surface area contributed by atoms with Gasteiger partial charge in [0, 0.05) is 44.5 Å². The molecule has 6 nitrogen and oxygen atoms in total. The van der Waals surface area contributed by atoms with Crippen molar-refractivity contribution in [3.8, 4) is 10.6 Å². The zero-order valence-electron chi connectivity index (χ0n) is 18.6. The van der Waals surface area contributed by atoms with E-state index in [4.69, 9.17) is 0 Å². The van der Waals surface area contributed by atoms with Gasteiger partial charge in [0.2, 0.25) is 0 Å². The molecule has 0 saturated carbocycles. The predicted molar refractivity (Wildman–Crippen MR) is 132 cm³/mol. The fourth-order valence-corrected chi connectivity index (χ4v) is 4.74. The van der Waals surface area contributed by atoms with Gasteiger partial charge < -0.3 is 15.2 Å². The summed E-state index contributed by atoms with van der Waals surface area (Å²) in [5, 5.41) is 4.94. The van der Waals surface area contributed by atoms with E-state index in [0.29, 0.717) is 0 Å². The summed E-state index contributed by atoms with van der Waals surface area (Å²) in [5.41, 5.74) is 3.12. The van der Waals surface area contributed by atoms with E-state index in [2.05, 4.69) is 51.3 Å². The second kappa shape index (κ2) is 10.1. The number of carbonyl (C=O) groups is 1. The summed E-state index contributed by atoms with van der Waals surface area (Å²) >= 11 is 1.55. The zero-order chi connectivity index (χ0) is 22.5. The van der Waals surface area contributed by atoms with Crippen LogP contribution in [-0.4, -0.2) is 54.6 Å². The van der Waals surface area contributed by atoms with Gasteiger partial charge in [0.1, 0.15) is 5.56 Å². The van der Waals surface area contributed by atoms with Crippen LogP contribution in [0.5, 0.6) is 0 Å². The molecule has 1 saturated heterocycles. The summed E-state index contributed by atoms with van der Waals surface area (Å²) in [6.07, 6.45) is 0.849. The molecule has 1 aliphatic rings. The van der Waals surface area contributed by atoms with Crippen molar-refractivity contribution in [2.45, 2.75) is 26.3 Å². The normalized spacial score (nSPS) is 15.5. The molecule has 1 fully saturated rings. The summed E-state index contributed by atoms with van der Waals surface area (Å²) in [6, 6.07) is 15.9. The molecule has 1 atom stereocenters. The molecule has 0 spiro atoms. The molecule has 0 aliphatic carbocycles. The average Bonchev–Trinajstić information content (AvgIpc) is 3.33. The van der Waals surface area contributed by atoms with E-state index in [9.17, 15) is 9.59 Å². The van der Waals surface area contributed by atoms with Crippen LogP contribution >= 0.6 is 11.3 Å². The van der Waals surface area contributed by atoms with Crippen molar-refractivity contribution in [2.75, 3.05) is 37.6 Å². The van der Waals surface area contributed by atoms with Crippen LogP contribution in [0.4, 0.5) is 5.69 Å². The minimum absolute atomic E-state index is 0.00586. The van der Waals surface area contributed by atoms with Crippen LogP contribution in [0.3, 0.4) is 0 Å². The van der Waals surface area contributed by atoms with E-state index in [-0.39, 0.29) is 23.1 Å². The lowest BCUT2D eigenvalue weighted by atomic mass is 10.1. The van der Waals surface area contributed by atoms with Crippen LogP contribution in [0, 0.1) is 6.92 Å². The average molecular weight is 451 g/mol. The molecule has 3 heterocycles. The number of carbonyl (C=O) groups excluding carboxylic acids is 1. The molecular formula is C25H30N4O2S. The van der Waals surface area contributed by atoms with Gasteiger partial charge in [0.25, 0.3) is 11.5 Å². The highest BCUT2D eigenvalue weighted by Crippen LogP contribution is 2.21. The Morgan fingerprint density at radius 2 is 1.94 bits per heavy atom. The van der Waals surface area contributed by atoms with Crippen LogP contribution < -0.4 is 15.8 Å². The van der Waals surface area contributed by atoms with Crippen molar-refractivity contribution in [3.05, 3.63) is 75.4 Å². The highest BCUT2D eigenvalue weighted by molar-refractivity contribution is 7.13. The Balaban J connectivity index is 1.24. The predicted octanol–water partition coefficient (Wildman–Crippen LogP) is 3.74. The number of benzene rings is 1. The number of H-pyrrole nitrogens is 1.